The van der Waals surface area contributed by atoms with Crippen LogP contribution in [0.4, 0.5) is 0 Å². The third-order valence-corrected chi connectivity index (χ3v) is 5.14. The van der Waals surface area contributed by atoms with Crippen LogP contribution >= 0.6 is 0 Å². The average Bonchev–Trinajstić information content (AvgIpc) is 2.50. The molecule has 0 saturated heterocycles. The van der Waals surface area contributed by atoms with Crippen LogP contribution in [0.2, 0.25) is 0 Å². The van der Waals surface area contributed by atoms with Gasteiger partial charge in [0.25, 0.3) is 0 Å². The number of rotatable bonds is 7. The molecular formula is C20H33N. The second kappa shape index (κ2) is 8.58. The summed E-state index contributed by atoms with van der Waals surface area (Å²) in [7, 11) is 0. The fourth-order valence-corrected chi connectivity index (χ4v) is 3.92. The van der Waals surface area contributed by atoms with Gasteiger partial charge in [0.2, 0.25) is 0 Å². The molecule has 0 bridgehead atoms. The molecule has 0 aromatic heterocycles. The van der Waals surface area contributed by atoms with Gasteiger partial charge in [0.05, 0.1) is 0 Å². The molecule has 0 amide bonds. The first-order valence-corrected chi connectivity index (χ1v) is 9.01. The lowest BCUT2D eigenvalue weighted by atomic mass is 9.70. The first-order chi connectivity index (χ1) is 10.2. The average molecular weight is 287 g/mol. The summed E-state index contributed by atoms with van der Waals surface area (Å²) in [6.07, 6.45) is 8.23. The summed E-state index contributed by atoms with van der Waals surface area (Å²) >= 11 is 0. The number of nitrogens with one attached hydrogen (secondary N) is 1. The fraction of sp³-hybridized carbons (Fsp3) is 0.700. The second-order valence-electron chi connectivity index (χ2n) is 6.95. The van der Waals surface area contributed by atoms with Gasteiger partial charge in [-0.15, -0.1) is 0 Å². The Morgan fingerprint density at radius 1 is 1.05 bits per heavy atom. The molecule has 2 rings (SSSR count). The molecule has 1 aliphatic carbocycles. The van der Waals surface area contributed by atoms with E-state index in [9.17, 15) is 0 Å². The molecule has 3 unspecified atom stereocenters. The predicted molar refractivity (Wildman–Crippen MR) is 92.8 cm³/mol. The van der Waals surface area contributed by atoms with Crippen LogP contribution in [0, 0.1) is 18.8 Å². The van der Waals surface area contributed by atoms with E-state index in [1.807, 2.05) is 0 Å². The molecule has 1 heteroatoms. The molecular weight excluding hydrogens is 254 g/mol. The second-order valence-corrected chi connectivity index (χ2v) is 6.95. The molecule has 3 atom stereocenters. The molecule has 21 heavy (non-hydrogen) atoms. The van der Waals surface area contributed by atoms with E-state index < -0.39 is 0 Å². The highest BCUT2D eigenvalue weighted by molar-refractivity contribution is 5.25. The van der Waals surface area contributed by atoms with Gasteiger partial charge < -0.3 is 5.32 Å². The van der Waals surface area contributed by atoms with Crippen molar-refractivity contribution in [3.8, 4) is 0 Å². The monoisotopic (exact) mass is 287 g/mol. The third kappa shape index (κ3) is 4.85. The van der Waals surface area contributed by atoms with Gasteiger partial charge in [-0.25, -0.2) is 0 Å². The van der Waals surface area contributed by atoms with Crippen LogP contribution in [0.25, 0.3) is 0 Å². The minimum absolute atomic E-state index is 0.764. The van der Waals surface area contributed by atoms with Gasteiger partial charge in [0, 0.05) is 0 Å². The molecule has 0 heterocycles. The molecule has 118 valence electrons. The van der Waals surface area contributed by atoms with Crippen LogP contribution in [-0.2, 0) is 0 Å². The van der Waals surface area contributed by atoms with E-state index in [1.54, 1.807) is 5.56 Å². The maximum atomic E-state index is 3.66. The van der Waals surface area contributed by atoms with Crippen molar-refractivity contribution in [1.82, 2.24) is 5.32 Å². The van der Waals surface area contributed by atoms with Crippen LogP contribution in [0.5, 0.6) is 0 Å². The van der Waals surface area contributed by atoms with Crippen molar-refractivity contribution in [1.29, 1.82) is 0 Å². The fourth-order valence-electron chi connectivity index (χ4n) is 3.92. The van der Waals surface area contributed by atoms with Gasteiger partial charge in [-0.1, -0.05) is 62.9 Å². The minimum Gasteiger partial charge on any atom is -0.316 e. The molecule has 1 N–H and O–H groups in total. The van der Waals surface area contributed by atoms with Crippen molar-refractivity contribution in [2.75, 3.05) is 13.1 Å². The summed E-state index contributed by atoms with van der Waals surface area (Å²) in [5, 5.41) is 3.66. The summed E-state index contributed by atoms with van der Waals surface area (Å²) in [5.41, 5.74) is 2.95. The molecule has 1 aliphatic rings. The Hall–Kier alpha value is -0.820. The quantitative estimate of drug-likeness (QED) is 0.671. The molecule has 0 radical (unpaired) electrons. The van der Waals surface area contributed by atoms with Crippen molar-refractivity contribution in [2.24, 2.45) is 11.8 Å². The highest BCUT2D eigenvalue weighted by Crippen LogP contribution is 2.41. The smallest absolute Gasteiger partial charge is 0.00147 e. The van der Waals surface area contributed by atoms with Gasteiger partial charge in [0.1, 0.15) is 0 Å². The van der Waals surface area contributed by atoms with Gasteiger partial charge in [0.15, 0.2) is 0 Å². The number of benzene rings is 1. The summed E-state index contributed by atoms with van der Waals surface area (Å²) in [6, 6.07) is 9.33. The van der Waals surface area contributed by atoms with Crippen molar-refractivity contribution >= 4 is 0 Å². The zero-order valence-corrected chi connectivity index (χ0v) is 14.2. The van der Waals surface area contributed by atoms with Crippen molar-refractivity contribution < 1.29 is 0 Å². The van der Waals surface area contributed by atoms with Crippen LogP contribution in [-0.4, -0.2) is 13.1 Å². The third-order valence-electron chi connectivity index (χ3n) is 5.14. The van der Waals surface area contributed by atoms with Crippen molar-refractivity contribution in [3.05, 3.63) is 35.4 Å². The predicted octanol–water partition coefficient (Wildman–Crippen LogP) is 5.29. The Balaban J connectivity index is 2.05. The first-order valence-electron chi connectivity index (χ1n) is 9.01. The highest BCUT2D eigenvalue weighted by atomic mass is 14.9. The molecule has 1 saturated carbocycles. The topological polar surface area (TPSA) is 12.0 Å². The molecule has 1 fully saturated rings. The van der Waals surface area contributed by atoms with Crippen molar-refractivity contribution in [2.45, 2.75) is 65.2 Å². The summed E-state index contributed by atoms with van der Waals surface area (Å²) in [4.78, 5) is 0. The zero-order chi connectivity index (χ0) is 15.1. The Morgan fingerprint density at radius 3 is 2.48 bits per heavy atom. The van der Waals surface area contributed by atoms with Crippen LogP contribution in [0.3, 0.4) is 0 Å². The van der Waals surface area contributed by atoms with Crippen LogP contribution in [0.15, 0.2) is 24.3 Å². The molecule has 0 aliphatic heterocycles. The van der Waals surface area contributed by atoms with E-state index in [0.717, 1.165) is 24.3 Å². The summed E-state index contributed by atoms with van der Waals surface area (Å²) in [5.74, 6) is 2.54. The van der Waals surface area contributed by atoms with Gasteiger partial charge in [-0.2, -0.15) is 0 Å². The zero-order valence-electron chi connectivity index (χ0n) is 14.2. The van der Waals surface area contributed by atoms with E-state index in [1.165, 1.54) is 50.6 Å². The van der Waals surface area contributed by atoms with E-state index in [-0.39, 0.29) is 0 Å². The molecule has 1 aromatic rings. The first kappa shape index (κ1) is 16.5. The number of hydrogen-bond donors (Lipinski definition) is 1. The lowest BCUT2D eigenvalue weighted by Crippen LogP contribution is -2.32. The van der Waals surface area contributed by atoms with Crippen LogP contribution in [0.1, 0.15) is 69.4 Å². The maximum Gasteiger partial charge on any atom is -0.00147 e. The molecule has 0 spiro atoms. The SMILES string of the molecule is CCCNCC1CCC(CCC)CC1c1ccc(C)cc1. The lowest BCUT2D eigenvalue weighted by Gasteiger charge is -2.37. The van der Waals surface area contributed by atoms with Crippen molar-refractivity contribution in [3.63, 3.8) is 0 Å². The normalized spacial score (nSPS) is 26.0. The Labute approximate surface area is 131 Å². The Bertz CT molecular complexity index is 395. The van der Waals surface area contributed by atoms with Crippen LogP contribution < -0.4 is 5.32 Å². The van der Waals surface area contributed by atoms with Gasteiger partial charge in [-0.05, 0) is 62.6 Å². The Morgan fingerprint density at radius 2 is 1.81 bits per heavy atom. The highest BCUT2D eigenvalue weighted by Gasteiger charge is 2.30. The summed E-state index contributed by atoms with van der Waals surface area (Å²) < 4.78 is 0. The Kier molecular flexibility index (Phi) is 6.76. The lowest BCUT2D eigenvalue weighted by molar-refractivity contribution is 0.220. The molecule has 1 nitrogen and oxygen atoms in total. The molecule has 1 aromatic carbocycles. The largest absolute Gasteiger partial charge is 0.316 e. The minimum atomic E-state index is 0.764. The van der Waals surface area contributed by atoms with E-state index in [2.05, 4.69) is 50.4 Å². The standard InChI is InChI=1S/C20H33N/c1-4-6-17-9-12-19(15-21-13-5-2)20(14-17)18-10-7-16(3)8-11-18/h7-8,10-11,17,19-21H,4-6,9,12-15H2,1-3H3. The number of hydrogen-bond acceptors (Lipinski definition) is 1. The summed E-state index contributed by atoms with van der Waals surface area (Å²) in [6.45, 7) is 9.13. The number of aryl methyl sites for hydroxylation is 1. The maximum absolute atomic E-state index is 3.66. The van der Waals surface area contributed by atoms with Gasteiger partial charge >= 0.3 is 0 Å². The van der Waals surface area contributed by atoms with Gasteiger partial charge in [-0.3, -0.25) is 0 Å². The van der Waals surface area contributed by atoms with E-state index >= 15 is 0 Å². The van der Waals surface area contributed by atoms with E-state index in [4.69, 9.17) is 0 Å². The van der Waals surface area contributed by atoms with E-state index in [0.29, 0.717) is 0 Å².